The Morgan fingerprint density at radius 2 is 1.98 bits per heavy atom. The molecule has 1 saturated carbocycles. The number of hydrogen-bond acceptors (Lipinski definition) is 7. The van der Waals surface area contributed by atoms with Gasteiger partial charge < -0.3 is 19.3 Å². The fourth-order valence-electron chi connectivity index (χ4n) is 6.01. The number of piperazine rings is 1. The number of nitrogens with zero attached hydrogens (tertiary/aromatic N) is 7. The Balaban J connectivity index is 1.30. The third-order valence-corrected chi connectivity index (χ3v) is 8.37. The minimum absolute atomic E-state index is 0.0295. The second kappa shape index (κ2) is 10.3. The third-order valence-electron chi connectivity index (χ3n) is 8.37. The number of halogens is 3. The van der Waals surface area contributed by atoms with Crippen LogP contribution in [0.2, 0.25) is 0 Å². The van der Waals surface area contributed by atoms with Gasteiger partial charge in [0.1, 0.15) is 23.8 Å². The van der Waals surface area contributed by atoms with Crippen molar-refractivity contribution in [2.24, 2.45) is 13.0 Å². The summed E-state index contributed by atoms with van der Waals surface area (Å²) in [5, 5.41) is 24.0. The van der Waals surface area contributed by atoms with Gasteiger partial charge in [-0.2, -0.15) is 13.2 Å². The lowest BCUT2D eigenvalue weighted by Gasteiger charge is -2.35. The van der Waals surface area contributed by atoms with E-state index in [-0.39, 0.29) is 30.5 Å². The minimum Gasteiger partial charge on any atom is -0.320 e. The summed E-state index contributed by atoms with van der Waals surface area (Å²) >= 11 is 0. The Morgan fingerprint density at radius 3 is 2.61 bits per heavy atom. The molecule has 0 amide bonds. The van der Waals surface area contributed by atoms with E-state index in [4.69, 9.17) is 10.8 Å². The molecule has 1 unspecified atom stereocenters. The number of alkyl halides is 3. The van der Waals surface area contributed by atoms with Crippen molar-refractivity contribution in [2.75, 3.05) is 31.1 Å². The Morgan fingerprint density at radius 1 is 1.17 bits per heavy atom. The van der Waals surface area contributed by atoms with Crippen LogP contribution in [0, 0.1) is 16.7 Å². The average Bonchev–Trinajstić information content (AvgIpc) is 3.48. The van der Waals surface area contributed by atoms with Crippen LogP contribution in [-0.2, 0) is 7.05 Å². The first kappa shape index (κ1) is 27.0. The van der Waals surface area contributed by atoms with E-state index in [0.717, 1.165) is 36.3 Å². The highest BCUT2D eigenvalue weighted by atomic mass is 19.4. The normalized spacial score (nSPS) is 20.9. The van der Waals surface area contributed by atoms with Crippen LogP contribution in [0.15, 0.2) is 78.3 Å². The van der Waals surface area contributed by atoms with Gasteiger partial charge in [-0.3, -0.25) is 15.7 Å². The molecule has 1 aliphatic carbocycles. The number of rotatable bonds is 7. The molecule has 12 heteroatoms. The van der Waals surface area contributed by atoms with Gasteiger partial charge in [0.15, 0.2) is 0 Å². The zero-order chi connectivity index (χ0) is 28.9. The Bertz CT molecular complexity index is 1480. The first-order chi connectivity index (χ1) is 19.6. The van der Waals surface area contributed by atoms with Crippen LogP contribution >= 0.6 is 0 Å². The number of benzene rings is 1. The average molecular weight is 564 g/mol. The number of allylic oxidation sites excluding steroid dienone is 1. The van der Waals surface area contributed by atoms with Crippen molar-refractivity contribution < 1.29 is 13.2 Å². The number of amidine groups is 1. The standard InChI is InChI=1S/C29H32F3N9/c1-19-40(23-8-4-7-22(12-23)27(21-5-3-6-21)28-36-35-18-37(28)2)15-25-24(29(30,31)32)11-20(14-41(19)25)13-38-9-10-39(17-33)26(34)16-38/h4,7-8,11-12,14-15,17-18,21,27,33-34H,1,3,5-6,9-10,13,16H2,2H3. The quantitative estimate of drug-likeness (QED) is 0.373. The zero-order valence-electron chi connectivity index (χ0n) is 22.8. The molecule has 0 spiro atoms. The first-order valence-electron chi connectivity index (χ1n) is 13.6. The number of nitrogens with one attached hydrogen (secondary N) is 2. The summed E-state index contributed by atoms with van der Waals surface area (Å²) in [5.41, 5.74) is 1.56. The van der Waals surface area contributed by atoms with E-state index in [2.05, 4.69) is 22.8 Å². The molecular formula is C29H32F3N9. The Labute approximate surface area is 236 Å². The molecule has 41 heavy (non-hydrogen) atoms. The van der Waals surface area contributed by atoms with Crippen LogP contribution in [0.3, 0.4) is 0 Å². The van der Waals surface area contributed by atoms with Crippen molar-refractivity contribution in [3.63, 3.8) is 0 Å². The monoisotopic (exact) mass is 563 g/mol. The van der Waals surface area contributed by atoms with Crippen molar-refractivity contribution in [2.45, 2.75) is 31.4 Å². The molecule has 2 N–H and O–H groups in total. The van der Waals surface area contributed by atoms with E-state index in [1.165, 1.54) is 28.5 Å². The molecule has 6 rings (SSSR count). The van der Waals surface area contributed by atoms with Crippen molar-refractivity contribution in [1.29, 1.82) is 10.8 Å². The van der Waals surface area contributed by atoms with Crippen molar-refractivity contribution in [1.82, 2.24) is 29.5 Å². The maximum atomic E-state index is 14.3. The van der Waals surface area contributed by atoms with Crippen LogP contribution < -0.4 is 4.90 Å². The van der Waals surface area contributed by atoms with Gasteiger partial charge in [-0.25, -0.2) is 0 Å². The zero-order valence-corrected chi connectivity index (χ0v) is 22.8. The number of anilines is 1. The smallest absolute Gasteiger partial charge is 0.320 e. The van der Waals surface area contributed by atoms with Crippen molar-refractivity contribution in [3.8, 4) is 0 Å². The lowest BCUT2D eigenvalue weighted by atomic mass is 9.72. The second-order valence-electron chi connectivity index (χ2n) is 11.0. The van der Waals surface area contributed by atoms with E-state index < -0.39 is 11.7 Å². The van der Waals surface area contributed by atoms with Crippen LogP contribution in [0.4, 0.5) is 18.9 Å². The molecule has 1 saturated heterocycles. The predicted octanol–water partition coefficient (Wildman–Crippen LogP) is 4.77. The van der Waals surface area contributed by atoms with Gasteiger partial charge in [-0.1, -0.05) is 25.1 Å². The minimum atomic E-state index is -4.56. The number of fused-ring (bicyclic) bond motifs is 1. The maximum absolute atomic E-state index is 14.3. The third kappa shape index (κ3) is 4.96. The molecule has 2 aromatic rings. The van der Waals surface area contributed by atoms with E-state index in [1.54, 1.807) is 17.4 Å². The van der Waals surface area contributed by atoms with E-state index in [1.807, 2.05) is 34.7 Å². The predicted molar refractivity (Wildman–Crippen MR) is 150 cm³/mol. The SMILES string of the molecule is C=C1N2C=C(CN3CCN(C=N)C(=N)C3)C=C(C(F)(F)F)C2=CN1c1cccc(C(c2nncn2C)C2CCC2)c1. The molecular weight excluding hydrogens is 531 g/mol. The highest BCUT2D eigenvalue weighted by Gasteiger charge is 2.43. The lowest BCUT2D eigenvalue weighted by molar-refractivity contribution is -0.0909. The summed E-state index contributed by atoms with van der Waals surface area (Å²) in [5.74, 6) is 2.02. The van der Waals surface area contributed by atoms with Gasteiger partial charge in [0.25, 0.3) is 0 Å². The summed E-state index contributed by atoms with van der Waals surface area (Å²) in [6, 6.07) is 7.89. The van der Waals surface area contributed by atoms with Gasteiger partial charge in [-0.15, -0.1) is 10.2 Å². The summed E-state index contributed by atoms with van der Waals surface area (Å²) < 4.78 is 45.0. The first-order valence-corrected chi connectivity index (χ1v) is 13.6. The van der Waals surface area contributed by atoms with Crippen LogP contribution in [0.25, 0.3) is 0 Å². The molecule has 9 nitrogen and oxygen atoms in total. The second-order valence-corrected chi connectivity index (χ2v) is 11.0. The number of aromatic nitrogens is 3. The van der Waals surface area contributed by atoms with Gasteiger partial charge in [-0.05, 0) is 48.1 Å². The van der Waals surface area contributed by atoms with Gasteiger partial charge >= 0.3 is 6.18 Å². The lowest BCUT2D eigenvalue weighted by Crippen LogP contribution is -2.49. The van der Waals surface area contributed by atoms with E-state index in [9.17, 15) is 13.2 Å². The molecule has 1 aromatic carbocycles. The van der Waals surface area contributed by atoms with Crippen molar-refractivity contribution >= 4 is 17.9 Å². The largest absolute Gasteiger partial charge is 0.418 e. The molecule has 0 bridgehead atoms. The Kier molecular flexibility index (Phi) is 6.80. The van der Waals surface area contributed by atoms with Gasteiger partial charge in [0, 0.05) is 50.7 Å². The van der Waals surface area contributed by atoms with Crippen LogP contribution in [-0.4, -0.2) is 74.0 Å². The summed E-state index contributed by atoms with van der Waals surface area (Å²) in [6.45, 7) is 5.69. The number of aryl methyl sites for hydroxylation is 1. The van der Waals surface area contributed by atoms with E-state index in [0.29, 0.717) is 30.4 Å². The summed E-state index contributed by atoms with van der Waals surface area (Å²) in [6.07, 6.45) is 6.02. The van der Waals surface area contributed by atoms with Gasteiger partial charge in [0.05, 0.1) is 24.2 Å². The highest BCUT2D eigenvalue weighted by Crippen LogP contribution is 2.46. The molecule has 3 aliphatic heterocycles. The van der Waals surface area contributed by atoms with Crippen LogP contribution in [0.5, 0.6) is 0 Å². The molecule has 4 heterocycles. The fourth-order valence-corrected chi connectivity index (χ4v) is 6.01. The molecule has 0 radical (unpaired) electrons. The molecule has 2 fully saturated rings. The van der Waals surface area contributed by atoms with Crippen LogP contribution in [0.1, 0.15) is 36.6 Å². The molecule has 4 aliphatic rings. The van der Waals surface area contributed by atoms with E-state index >= 15 is 0 Å². The Hall–Kier alpha value is -4.19. The van der Waals surface area contributed by atoms with Gasteiger partial charge in [0.2, 0.25) is 0 Å². The highest BCUT2D eigenvalue weighted by molar-refractivity contribution is 5.91. The summed E-state index contributed by atoms with van der Waals surface area (Å²) in [4.78, 5) is 6.67. The molecule has 214 valence electrons. The molecule has 1 atom stereocenters. The topological polar surface area (TPSA) is 91.4 Å². The number of hydrogen-bond donors (Lipinski definition) is 2. The maximum Gasteiger partial charge on any atom is 0.418 e. The van der Waals surface area contributed by atoms with Crippen molar-refractivity contribution in [3.05, 3.63) is 89.7 Å². The summed E-state index contributed by atoms with van der Waals surface area (Å²) in [7, 11) is 1.93. The fraction of sp³-hybridized carbons (Fsp3) is 0.379. The molecule has 1 aromatic heterocycles.